The van der Waals surface area contributed by atoms with Crippen molar-refractivity contribution in [2.45, 2.75) is 6.42 Å². The van der Waals surface area contributed by atoms with Gasteiger partial charge in [0, 0.05) is 17.2 Å². The van der Waals surface area contributed by atoms with Crippen molar-refractivity contribution in [3.05, 3.63) is 97.6 Å². The van der Waals surface area contributed by atoms with Crippen LogP contribution in [0.15, 0.2) is 80.8 Å². The van der Waals surface area contributed by atoms with Crippen LogP contribution in [0.1, 0.15) is 5.56 Å². The Balaban J connectivity index is 1.60. The van der Waals surface area contributed by atoms with Gasteiger partial charge >= 0.3 is 5.69 Å². The van der Waals surface area contributed by atoms with Gasteiger partial charge in [0.2, 0.25) is 5.91 Å². The number of carbonyl (C=O) groups excluding carboxylic acids is 1. The zero-order valence-corrected chi connectivity index (χ0v) is 17.7. The van der Waals surface area contributed by atoms with Crippen LogP contribution in [0.2, 0.25) is 0 Å². The number of hydrogen-bond donors (Lipinski definition) is 2. The topological polar surface area (TPSA) is 84.0 Å². The summed E-state index contributed by atoms with van der Waals surface area (Å²) in [7, 11) is 1.58. The molecule has 0 aliphatic rings. The SMILES string of the molecule is Cn1c(=O)[nH]c(=O)c2c(CC(=O)Nc3cccc(-c4ccc(Br)cc4)c3)cccc21. The Morgan fingerprint density at radius 3 is 2.50 bits per heavy atom. The second-order valence-electron chi connectivity index (χ2n) is 6.94. The number of H-pyrrole nitrogens is 1. The highest BCUT2D eigenvalue weighted by Crippen LogP contribution is 2.24. The molecule has 0 bridgehead atoms. The van der Waals surface area contributed by atoms with E-state index in [1.165, 1.54) is 4.57 Å². The highest BCUT2D eigenvalue weighted by molar-refractivity contribution is 9.10. The molecule has 7 heteroatoms. The minimum Gasteiger partial charge on any atom is -0.326 e. The fraction of sp³-hybridized carbons (Fsp3) is 0.0870. The molecule has 2 N–H and O–H groups in total. The van der Waals surface area contributed by atoms with E-state index in [1.54, 1.807) is 25.2 Å². The maximum absolute atomic E-state index is 12.7. The molecule has 0 fully saturated rings. The van der Waals surface area contributed by atoms with Crippen LogP contribution >= 0.6 is 15.9 Å². The fourth-order valence-corrected chi connectivity index (χ4v) is 3.69. The minimum absolute atomic E-state index is 0.0150. The Bertz CT molecular complexity index is 1370. The number of fused-ring (bicyclic) bond motifs is 1. The van der Waals surface area contributed by atoms with Gasteiger partial charge in [0.1, 0.15) is 0 Å². The van der Waals surface area contributed by atoms with E-state index in [0.29, 0.717) is 22.2 Å². The Morgan fingerprint density at radius 1 is 1.00 bits per heavy atom. The number of carbonyl (C=O) groups is 1. The molecule has 1 amide bonds. The molecule has 4 rings (SSSR count). The van der Waals surface area contributed by atoms with Crippen LogP contribution in [-0.4, -0.2) is 15.5 Å². The quantitative estimate of drug-likeness (QED) is 0.482. The van der Waals surface area contributed by atoms with Crippen molar-refractivity contribution >= 4 is 38.4 Å². The van der Waals surface area contributed by atoms with Gasteiger partial charge in [0.15, 0.2) is 0 Å². The molecule has 0 spiro atoms. The van der Waals surface area contributed by atoms with Crippen molar-refractivity contribution in [1.29, 1.82) is 0 Å². The second-order valence-corrected chi connectivity index (χ2v) is 7.86. The molecule has 0 unspecified atom stereocenters. The first kappa shape index (κ1) is 19.8. The van der Waals surface area contributed by atoms with Crippen LogP contribution in [0.3, 0.4) is 0 Å². The number of anilines is 1. The molecule has 0 saturated heterocycles. The van der Waals surface area contributed by atoms with Crippen molar-refractivity contribution in [3.63, 3.8) is 0 Å². The highest BCUT2D eigenvalue weighted by Gasteiger charge is 2.13. The van der Waals surface area contributed by atoms with Gasteiger partial charge in [-0.25, -0.2) is 4.79 Å². The number of nitrogens with zero attached hydrogens (tertiary/aromatic N) is 1. The Hall–Kier alpha value is -3.45. The number of aryl methyl sites for hydroxylation is 1. The first-order valence-corrected chi connectivity index (χ1v) is 10.1. The van der Waals surface area contributed by atoms with E-state index < -0.39 is 11.2 Å². The summed E-state index contributed by atoms with van der Waals surface area (Å²) in [6, 6.07) is 20.6. The number of aromatic amines is 1. The van der Waals surface area contributed by atoms with E-state index in [-0.39, 0.29) is 12.3 Å². The highest BCUT2D eigenvalue weighted by atomic mass is 79.9. The lowest BCUT2D eigenvalue weighted by molar-refractivity contribution is -0.115. The van der Waals surface area contributed by atoms with Gasteiger partial charge in [-0.2, -0.15) is 0 Å². The molecular formula is C23H18BrN3O3. The Kier molecular flexibility index (Phi) is 5.37. The van der Waals surface area contributed by atoms with Gasteiger partial charge in [-0.15, -0.1) is 0 Å². The van der Waals surface area contributed by atoms with Crippen molar-refractivity contribution in [2.24, 2.45) is 7.05 Å². The van der Waals surface area contributed by atoms with Crippen molar-refractivity contribution in [3.8, 4) is 11.1 Å². The minimum atomic E-state index is -0.492. The third-order valence-electron chi connectivity index (χ3n) is 4.92. The molecule has 0 saturated carbocycles. The summed E-state index contributed by atoms with van der Waals surface area (Å²) in [6.07, 6.45) is 0.0150. The molecule has 1 heterocycles. The number of hydrogen-bond acceptors (Lipinski definition) is 3. The smallest absolute Gasteiger partial charge is 0.326 e. The summed E-state index contributed by atoms with van der Waals surface area (Å²) in [5.74, 6) is -0.247. The summed E-state index contributed by atoms with van der Waals surface area (Å²) >= 11 is 3.43. The van der Waals surface area contributed by atoms with Gasteiger partial charge in [0.25, 0.3) is 5.56 Å². The van der Waals surface area contributed by atoms with Gasteiger partial charge in [-0.3, -0.25) is 19.1 Å². The molecule has 1 aromatic heterocycles. The first-order chi connectivity index (χ1) is 14.4. The first-order valence-electron chi connectivity index (χ1n) is 9.29. The molecule has 0 radical (unpaired) electrons. The average molecular weight is 464 g/mol. The number of aromatic nitrogens is 2. The number of halogens is 1. The van der Waals surface area contributed by atoms with Gasteiger partial charge in [0.05, 0.1) is 17.3 Å². The summed E-state index contributed by atoms with van der Waals surface area (Å²) < 4.78 is 2.36. The molecule has 3 aromatic carbocycles. The van der Waals surface area contributed by atoms with Crippen molar-refractivity contribution in [1.82, 2.24) is 9.55 Å². The van der Waals surface area contributed by atoms with Crippen molar-refractivity contribution < 1.29 is 4.79 Å². The lowest BCUT2D eigenvalue weighted by Crippen LogP contribution is -2.29. The van der Waals surface area contributed by atoms with E-state index >= 15 is 0 Å². The molecule has 0 atom stereocenters. The van der Waals surface area contributed by atoms with Crippen LogP contribution in [0.5, 0.6) is 0 Å². The zero-order chi connectivity index (χ0) is 21.3. The second kappa shape index (κ2) is 8.12. The zero-order valence-electron chi connectivity index (χ0n) is 16.1. The summed E-state index contributed by atoms with van der Waals surface area (Å²) in [6.45, 7) is 0. The summed E-state index contributed by atoms with van der Waals surface area (Å²) in [5, 5.41) is 3.24. The van der Waals surface area contributed by atoms with Crippen molar-refractivity contribution in [2.75, 3.05) is 5.32 Å². The predicted octanol–water partition coefficient (Wildman–Crippen LogP) is 3.84. The van der Waals surface area contributed by atoms with Gasteiger partial charge < -0.3 is 5.32 Å². The van der Waals surface area contributed by atoms with E-state index in [9.17, 15) is 14.4 Å². The lowest BCUT2D eigenvalue weighted by Gasteiger charge is -2.10. The number of benzene rings is 3. The predicted molar refractivity (Wildman–Crippen MR) is 122 cm³/mol. The summed E-state index contributed by atoms with van der Waals surface area (Å²) in [5.41, 5.74) is 2.76. The Morgan fingerprint density at radius 2 is 1.73 bits per heavy atom. The molecule has 0 aliphatic carbocycles. The molecule has 0 aliphatic heterocycles. The van der Waals surface area contributed by atoms with Crippen LogP contribution in [-0.2, 0) is 18.3 Å². The normalized spacial score (nSPS) is 10.9. The van der Waals surface area contributed by atoms with Gasteiger partial charge in [-0.05, 0) is 47.0 Å². The molecular weight excluding hydrogens is 446 g/mol. The van der Waals surface area contributed by atoms with E-state index in [4.69, 9.17) is 0 Å². The largest absolute Gasteiger partial charge is 0.328 e. The average Bonchev–Trinajstić information content (AvgIpc) is 2.72. The monoisotopic (exact) mass is 463 g/mol. The maximum atomic E-state index is 12.7. The number of amides is 1. The third-order valence-corrected chi connectivity index (χ3v) is 5.45. The van der Waals surface area contributed by atoms with E-state index in [0.717, 1.165) is 15.6 Å². The molecule has 4 aromatic rings. The molecule has 30 heavy (non-hydrogen) atoms. The molecule has 6 nitrogen and oxygen atoms in total. The molecule has 150 valence electrons. The van der Waals surface area contributed by atoms with Crippen LogP contribution in [0, 0.1) is 0 Å². The fourth-order valence-electron chi connectivity index (χ4n) is 3.43. The number of nitrogens with one attached hydrogen (secondary N) is 2. The third kappa shape index (κ3) is 3.97. The standard InChI is InChI=1S/C23H18BrN3O3/c1-27-19-7-3-5-16(21(19)22(29)26-23(27)30)13-20(28)25-18-6-2-4-15(12-18)14-8-10-17(24)11-9-14/h2-12H,13H2,1H3,(H,25,28)(H,26,29,30). The van der Waals surface area contributed by atoms with E-state index in [2.05, 4.69) is 26.2 Å². The summed E-state index contributed by atoms with van der Waals surface area (Å²) in [4.78, 5) is 39.1. The maximum Gasteiger partial charge on any atom is 0.328 e. The van der Waals surface area contributed by atoms with Crippen LogP contribution in [0.25, 0.3) is 22.0 Å². The van der Waals surface area contributed by atoms with Crippen LogP contribution < -0.4 is 16.6 Å². The van der Waals surface area contributed by atoms with E-state index in [1.807, 2.05) is 48.5 Å². The Labute approximate surface area is 180 Å². The van der Waals surface area contributed by atoms with Crippen LogP contribution in [0.4, 0.5) is 5.69 Å². The van der Waals surface area contributed by atoms with Gasteiger partial charge in [-0.1, -0.05) is 52.3 Å². The number of rotatable bonds is 4. The lowest BCUT2D eigenvalue weighted by atomic mass is 10.0.